The minimum Gasteiger partial charge on any atom is -0.479 e. The van der Waals surface area contributed by atoms with Gasteiger partial charge in [-0.25, -0.2) is 18.0 Å². The molecule has 0 spiro atoms. The number of benzene rings is 1. The van der Waals surface area contributed by atoms with Crippen LogP contribution in [-0.2, 0) is 19.7 Å². The highest BCUT2D eigenvalue weighted by atomic mass is 32.2. The summed E-state index contributed by atoms with van der Waals surface area (Å²) in [5, 5.41) is 8.31. The summed E-state index contributed by atoms with van der Waals surface area (Å²) in [7, 11) is -4.05. The number of H-pyrrole nitrogens is 1. The molecule has 0 radical (unpaired) electrons. The zero-order chi connectivity index (χ0) is 14.0. The number of hydrogen-bond donors (Lipinski definition) is 3. The Balaban J connectivity index is 2.26. The molecule has 0 fully saturated rings. The molecule has 10 heteroatoms. The normalized spacial score (nSPS) is 11.8. The molecule has 0 amide bonds. The van der Waals surface area contributed by atoms with Crippen LogP contribution in [0.5, 0.6) is 0 Å². The lowest BCUT2D eigenvalue weighted by Gasteiger charge is -2.05. The molecule has 0 saturated heterocycles. The third-order valence-corrected chi connectivity index (χ3v) is 3.28. The van der Waals surface area contributed by atoms with Crippen molar-refractivity contribution in [2.45, 2.75) is 4.90 Å². The molecule has 0 unspecified atom stereocenters. The van der Waals surface area contributed by atoms with Crippen molar-refractivity contribution >= 4 is 27.1 Å². The van der Waals surface area contributed by atoms with Crippen molar-refractivity contribution in [2.24, 2.45) is 0 Å². The van der Waals surface area contributed by atoms with Gasteiger partial charge in [0.25, 0.3) is 10.0 Å². The van der Waals surface area contributed by atoms with E-state index in [1.54, 1.807) is 4.89 Å². The molecule has 0 aliphatic rings. The number of aromatic nitrogens is 1. The Kier molecular flexibility index (Phi) is 3.38. The molecule has 2 aromatic rings. The van der Waals surface area contributed by atoms with Gasteiger partial charge >= 0.3 is 11.7 Å². The number of sulfonamides is 1. The van der Waals surface area contributed by atoms with Gasteiger partial charge in [-0.1, -0.05) is 4.89 Å². The van der Waals surface area contributed by atoms with E-state index >= 15 is 0 Å². The molecule has 2 rings (SSSR count). The summed E-state index contributed by atoms with van der Waals surface area (Å²) >= 11 is 0. The molecule has 19 heavy (non-hydrogen) atoms. The monoisotopic (exact) mass is 288 g/mol. The summed E-state index contributed by atoms with van der Waals surface area (Å²) in [6.45, 7) is -0.819. The van der Waals surface area contributed by atoms with Crippen molar-refractivity contribution in [2.75, 3.05) is 6.61 Å². The van der Waals surface area contributed by atoms with Gasteiger partial charge in [0.1, 0.15) is 0 Å². The van der Waals surface area contributed by atoms with E-state index in [1.165, 1.54) is 12.1 Å². The van der Waals surface area contributed by atoms with Crippen molar-refractivity contribution < 1.29 is 27.6 Å². The number of rotatable bonds is 5. The van der Waals surface area contributed by atoms with E-state index in [-0.39, 0.29) is 10.5 Å². The smallest absolute Gasteiger partial charge is 0.417 e. The Morgan fingerprint density at radius 3 is 2.89 bits per heavy atom. The number of oxazole rings is 1. The van der Waals surface area contributed by atoms with E-state index in [0.717, 1.165) is 6.07 Å². The van der Waals surface area contributed by atoms with Crippen LogP contribution in [0, 0.1) is 0 Å². The first kappa shape index (κ1) is 13.3. The molecule has 0 saturated carbocycles. The van der Waals surface area contributed by atoms with Crippen molar-refractivity contribution in [1.82, 2.24) is 9.87 Å². The zero-order valence-electron chi connectivity index (χ0n) is 9.24. The largest absolute Gasteiger partial charge is 0.479 e. The Morgan fingerprint density at radius 1 is 1.47 bits per heavy atom. The predicted molar refractivity (Wildman–Crippen MR) is 60.7 cm³/mol. The number of carboxylic acid groups (broad SMARTS) is 1. The van der Waals surface area contributed by atoms with E-state index < -0.39 is 28.4 Å². The fourth-order valence-corrected chi connectivity index (χ4v) is 2.13. The van der Waals surface area contributed by atoms with Gasteiger partial charge in [-0.3, -0.25) is 9.82 Å². The van der Waals surface area contributed by atoms with Gasteiger partial charge in [-0.15, -0.1) is 0 Å². The zero-order valence-corrected chi connectivity index (χ0v) is 10.1. The average Bonchev–Trinajstić information content (AvgIpc) is 2.67. The lowest BCUT2D eigenvalue weighted by atomic mass is 10.3. The summed E-state index contributed by atoms with van der Waals surface area (Å²) < 4.78 is 28.1. The Hall–Kier alpha value is -2.17. The Bertz CT molecular complexity index is 773. The maximum atomic E-state index is 11.7. The van der Waals surface area contributed by atoms with Crippen LogP contribution < -0.4 is 10.6 Å². The van der Waals surface area contributed by atoms with Crippen LogP contribution in [0.25, 0.3) is 11.1 Å². The molecular formula is C9H8N2O7S. The SMILES string of the molecule is O=C(O)CONS(=O)(=O)c1ccc2[nH]c(=O)oc2c1. The van der Waals surface area contributed by atoms with Crippen molar-refractivity contribution in [3.8, 4) is 0 Å². The number of nitrogens with one attached hydrogen (secondary N) is 2. The maximum Gasteiger partial charge on any atom is 0.417 e. The molecule has 0 bridgehead atoms. The highest BCUT2D eigenvalue weighted by Crippen LogP contribution is 2.16. The standard InChI is InChI=1S/C9H8N2O7S/c12-8(13)4-17-11-19(15,16)5-1-2-6-7(3-5)18-9(14)10-6/h1-3,11H,4H2,(H,10,14)(H,12,13). The second-order valence-corrected chi connectivity index (χ2v) is 5.09. The minimum absolute atomic E-state index is 0.0612. The number of aromatic amines is 1. The Morgan fingerprint density at radius 2 is 2.21 bits per heavy atom. The lowest BCUT2D eigenvalue weighted by molar-refractivity contribution is -0.143. The molecule has 1 aromatic heterocycles. The van der Waals surface area contributed by atoms with Crippen LogP contribution in [0.2, 0.25) is 0 Å². The fraction of sp³-hybridized carbons (Fsp3) is 0.111. The molecule has 0 aliphatic heterocycles. The molecular weight excluding hydrogens is 280 g/mol. The van der Waals surface area contributed by atoms with Gasteiger partial charge in [0, 0.05) is 6.07 Å². The lowest BCUT2D eigenvalue weighted by Crippen LogP contribution is -2.26. The van der Waals surface area contributed by atoms with Crippen LogP contribution in [0.3, 0.4) is 0 Å². The number of fused-ring (bicyclic) bond motifs is 1. The molecule has 1 heterocycles. The van der Waals surface area contributed by atoms with Gasteiger partial charge in [0.2, 0.25) is 0 Å². The van der Waals surface area contributed by atoms with Crippen molar-refractivity contribution in [3.63, 3.8) is 0 Å². The first-order valence-corrected chi connectivity index (χ1v) is 6.35. The molecule has 1 aromatic carbocycles. The predicted octanol–water partition coefficient (Wildman–Crippen LogP) is -0.584. The topological polar surface area (TPSA) is 139 Å². The highest BCUT2D eigenvalue weighted by Gasteiger charge is 2.16. The van der Waals surface area contributed by atoms with Crippen LogP contribution in [-0.4, -0.2) is 31.1 Å². The number of aliphatic carboxylic acids is 1. The molecule has 9 nitrogen and oxygen atoms in total. The molecule has 0 atom stereocenters. The summed E-state index contributed by atoms with van der Waals surface area (Å²) in [5.74, 6) is -2.03. The molecule has 3 N–H and O–H groups in total. The maximum absolute atomic E-state index is 11.7. The second kappa shape index (κ2) is 4.84. The summed E-state index contributed by atoms with van der Waals surface area (Å²) in [6, 6.07) is 3.66. The minimum atomic E-state index is -4.05. The van der Waals surface area contributed by atoms with E-state index in [2.05, 4.69) is 9.82 Å². The van der Waals surface area contributed by atoms with Gasteiger partial charge < -0.3 is 9.52 Å². The van der Waals surface area contributed by atoms with Gasteiger partial charge in [-0.2, -0.15) is 0 Å². The first-order chi connectivity index (χ1) is 8.88. The third-order valence-electron chi connectivity index (χ3n) is 2.07. The van der Waals surface area contributed by atoms with Crippen LogP contribution in [0.4, 0.5) is 0 Å². The van der Waals surface area contributed by atoms with Gasteiger partial charge in [0.15, 0.2) is 12.2 Å². The molecule has 0 aliphatic carbocycles. The number of carbonyl (C=O) groups is 1. The van der Waals surface area contributed by atoms with E-state index in [4.69, 9.17) is 9.52 Å². The van der Waals surface area contributed by atoms with E-state index in [0.29, 0.717) is 5.52 Å². The molecule has 102 valence electrons. The summed E-state index contributed by atoms with van der Waals surface area (Å²) in [4.78, 5) is 29.2. The quantitative estimate of drug-likeness (QED) is 0.625. The summed E-state index contributed by atoms with van der Waals surface area (Å²) in [6.07, 6.45) is 0. The highest BCUT2D eigenvalue weighted by molar-refractivity contribution is 7.89. The fourth-order valence-electron chi connectivity index (χ4n) is 1.31. The van der Waals surface area contributed by atoms with Gasteiger partial charge in [0.05, 0.1) is 10.4 Å². The van der Waals surface area contributed by atoms with Crippen molar-refractivity contribution in [1.29, 1.82) is 0 Å². The first-order valence-electron chi connectivity index (χ1n) is 4.87. The van der Waals surface area contributed by atoms with Crippen LogP contribution >= 0.6 is 0 Å². The number of hydrogen-bond acceptors (Lipinski definition) is 6. The number of carboxylic acids is 1. The Labute approximate surface area is 105 Å². The third kappa shape index (κ3) is 2.99. The second-order valence-electron chi connectivity index (χ2n) is 3.44. The summed E-state index contributed by atoms with van der Waals surface area (Å²) in [5.41, 5.74) is 0.404. The van der Waals surface area contributed by atoms with Crippen molar-refractivity contribution in [3.05, 3.63) is 28.7 Å². The van der Waals surface area contributed by atoms with E-state index in [9.17, 15) is 18.0 Å². The average molecular weight is 288 g/mol. The van der Waals surface area contributed by atoms with Crippen LogP contribution in [0.1, 0.15) is 0 Å². The van der Waals surface area contributed by atoms with Gasteiger partial charge in [-0.05, 0) is 12.1 Å². The van der Waals surface area contributed by atoms with Crippen LogP contribution in [0.15, 0.2) is 32.3 Å². The van der Waals surface area contributed by atoms with E-state index in [1.807, 2.05) is 0 Å².